The molecule has 1 heterocycles. The Kier molecular flexibility index (Phi) is 2.78. The van der Waals surface area contributed by atoms with E-state index in [4.69, 9.17) is 0 Å². The molecule has 0 radical (unpaired) electrons. The highest BCUT2D eigenvalue weighted by molar-refractivity contribution is 9.10. The van der Waals surface area contributed by atoms with E-state index >= 15 is 0 Å². The molecule has 19 heavy (non-hydrogen) atoms. The molecule has 0 atom stereocenters. The van der Waals surface area contributed by atoms with E-state index in [9.17, 15) is 9.50 Å². The second kappa shape index (κ2) is 4.35. The average molecular weight is 321 g/mol. The first-order valence-corrected chi connectivity index (χ1v) is 6.48. The van der Waals surface area contributed by atoms with Gasteiger partial charge in [-0.15, -0.1) is 0 Å². The van der Waals surface area contributed by atoms with E-state index in [2.05, 4.69) is 25.9 Å². The lowest BCUT2D eigenvalue weighted by molar-refractivity contribution is 0.471. The number of fused-ring (bicyclic) bond motifs is 1. The van der Waals surface area contributed by atoms with E-state index in [1.54, 1.807) is 18.2 Å². The summed E-state index contributed by atoms with van der Waals surface area (Å²) < 4.78 is 13.8. The average Bonchev–Trinajstić information content (AvgIpc) is 2.76. The van der Waals surface area contributed by atoms with Crippen molar-refractivity contribution in [3.05, 3.63) is 46.2 Å². The number of hydrogen-bond acceptors (Lipinski definition) is 2. The quantitative estimate of drug-likeness (QED) is 0.707. The molecule has 5 heteroatoms. The van der Waals surface area contributed by atoms with E-state index in [0.717, 1.165) is 11.1 Å². The molecule has 0 spiro atoms. The minimum absolute atomic E-state index is 0.244. The highest BCUT2D eigenvalue weighted by Gasteiger charge is 2.09. The number of aromatic hydroxyl groups is 1. The summed E-state index contributed by atoms with van der Waals surface area (Å²) in [5, 5.41) is 9.52. The molecule has 0 aliphatic carbocycles. The zero-order valence-corrected chi connectivity index (χ0v) is 11.6. The monoisotopic (exact) mass is 320 g/mol. The van der Waals surface area contributed by atoms with Gasteiger partial charge in [0.2, 0.25) is 0 Å². The highest BCUT2D eigenvalue weighted by Crippen LogP contribution is 2.27. The van der Waals surface area contributed by atoms with Crippen LogP contribution in [0.3, 0.4) is 0 Å². The lowest BCUT2D eigenvalue weighted by Gasteiger charge is -2.00. The van der Waals surface area contributed by atoms with E-state index in [0.29, 0.717) is 21.3 Å². The third-order valence-corrected chi connectivity index (χ3v) is 3.60. The molecule has 3 rings (SSSR count). The molecule has 96 valence electrons. The maximum Gasteiger partial charge on any atom is 0.139 e. The Hall–Kier alpha value is -1.88. The lowest BCUT2D eigenvalue weighted by Crippen LogP contribution is -1.82. The third kappa shape index (κ3) is 2.10. The van der Waals surface area contributed by atoms with Crippen molar-refractivity contribution in [2.45, 2.75) is 6.92 Å². The number of nitrogens with one attached hydrogen (secondary N) is 1. The smallest absolute Gasteiger partial charge is 0.139 e. The number of aryl methyl sites for hydroxylation is 1. The number of nitrogens with zero attached hydrogens (tertiary/aromatic N) is 1. The normalized spacial score (nSPS) is 11.1. The second-order valence-corrected chi connectivity index (χ2v) is 5.22. The van der Waals surface area contributed by atoms with Crippen LogP contribution in [0.5, 0.6) is 5.75 Å². The fourth-order valence-electron chi connectivity index (χ4n) is 1.94. The number of rotatable bonds is 1. The largest absolute Gasteiger partial charge is 0.508 e. The van der Waals surface area contributed by atoms with E-state index < -0.39 is 0 Å². The molecular weight excluding hydrogens is 311 g/mol. The van der Waals surface area contributed by atoms with Gasteiger partial charge >= 0.3 is 0 Å². The van der Waals surface area contributed by atoms with Gasteiger partial charge in [0, 0.05) is 11.6 Å². The van der Waals surface area contributed by atoms with Crippen molar-refractivity contribution in [2.75, 3.05) is 0 Å². The summed E-state index contributed by atoms with van der Waals surface area (Å²) in [6, 6.07) is 8.26. The molecule has 0 aliphatic heterocycles. The number of benzene rings is 2. The maximum absolute atomic E-state index is 13.4. The SMILES string of the molecule is Cc1cc(-c2nc3cc(Br)c(F)cc3[nH]2)ccc1O. The van der Waals surface area contributed by atoms with Crippen LogP contribution in [-0.2, 0) is 0 Å². The summed E-state index contributed by atoms with van der Waals surface area (Å²) in [5.74, 6) is 0.564. The van der Waals surface area contributed by atoms with Gasteiger partial charge < -0.3 is 10.1 Å². The number of aromatic amines is 1. The van der Waals surface area contributed by atoms with Crippen molar-refractivity contribution in [3.63, 3.8) is 0 Å². The van der Waals surface area contributed by atoms with Gasteiger partial charge in [-0.1, -0.05) is 0 Å². The van der Waals surface area contributed by atoms with Crippen molar-refractivity contribution < 1.29 is 9.50 Å². The Morgan fingerprint density at radius 3 is 2.79 bits per heavy atom. The number of halogens is 2. The summed E-state index contributed by atoms with van der Waals surface area (Å²) in [6.07, 6.45) is 0. The van der Waals surface area contributed by atoms with Crippen LogP contribution in [0.1, 0.15) is 5.56 Å². The summed E-state index contributed by atoms with van der Waals surface area (Å²) in [5.41, 5.74) is 2.95. The molecule has 3 nitrogen and oxygen atoms in total. The number of aromatic nitrogens is 2. The first kappa shape index (κ1) is 12.2. The van der Waals surface area contributed by atoms with Crippen molar-refractivity contribution >= 4 is 27.0 Å². The molecule has 0 saturated carbocycles. The first-order valence-electron chi connectivity index (χ1n) is 5.69. The predicted octanol–water partition coefficient (Wildman–Crippen LogP) is 4.15. The fraction of sp³-hybridized carbons (Fsp3) is 0.0714. The minimum Gasteiger partial charge on any atom is -0.508 e. The third-order valence-electron chi connectivity index (χ3n) is 2.99. The molecule has 0 aliphatic rings. The molecule has 3 aromatic rings. The molecule has 0 unspecified atom stereocenters. The Morgan fingerprint density at radius 2 is 2.05 bits per heavy atom. The molecule has 2 N–H and O–H groups in total. The molecule has 0 bridgehead atoms. The number of imidazole rings is 1. The van der Waals surface area contributed by atoms with Gasteiger partial charge in [0.1, 0.15) is 17.4 Å². The van der Waals surface area contributed by atoms with Crippen LogP contribution in [0.4, 0.5) is 4.39 Å². The maximum atomic E-state index is 13.4. The predicted molar refractivity (Wildman–Crippen MR) is 75.6 cm³/mol. The van der Waals surface area contributed by atoms with Crippen LogP contribution in [-0.4, -0.2) is 15.1 Å². The molecule has 2 aromatic carbocycles. The Labute approximate surface area is 117 Å². The van der Waals surface area contributed by atoms with Gasteiger partial charge in [0.15, 0.2) is 0 Å². The Balaban J connectivity index is 2.17. The number of H-pyrrole nitrogens is 1. The number of phenolic OH excluding ortho intramolecular Hbond substituents is 1. The van der Waals surface area contributed by atoms with E-state index in [1.165, 1.54) is 6.07 Å². The summed E-state index contributed by atoms with van der Waals surface area (Å²) >= 11 is 3.14. The van der Waals surface area contributed by atoms with Gasteiger partial charge in [-0.3, -0.25) is 0 Å². The standard InChI is InChI=1S/C14H10BrFN2O/c1-7-4-8(2-3-13(7)19)14-17-11-5-9(15)10(16)6-12(11)18-14/h2-6,19H,1H3,(H,17,18). The zero-order valence-electron chi connectivity index (χ0n) is 10.0. The van der Waals surface area contributed by atoms with Crippen LogP contribution in [0, 0.1) is 12.7 Å². The van der Waals surface area contributed by atoms with Gasteiger partial charge in [-0.2, -0.15) is 0 Å². The molecule has 0 amide bonds. The molecule has 1 aromatic heterocycles. The first-order chi connectivity index (χ1) is 9.04. The topological polar surface area (TPSA) is 48.9 Å². The van der Waals surface area contributed by atoms with Crippen molar-refractivity contribution in [3.8, 4) is 17.1 Å². The summed E-state index contributed by atoms with van der Waals surface area (Å²) in [6.45, 7) is 1.82. The van der Waals surface area contributed by atoms with Gasteiger partial charge in [-0.05, 0) is 52.7 Å². The van der Waals surface area contributed by atoms with Gasteiger partial charge in [-0.25, -0.2) is 9.37 Å². The summed E-state index contributed by atoms with van der Waals surface area (Å²) in [4.78, 5) is 7.49. The Bertz CT molecular complexity index is 743. The number of phenols is 1. The van der Waals surface area contributed by atoms with Crippen LogP contribution in [0.2, 0.25) is 0 Å². The lowest BCUT2D eigenvalue weighted by atomic mass is 10.1. The van der Waals surface area contributed by atoms with Gasteiger partial charge in [0.25, 0.3) is 0 Å². The van der Waals surface area contributed by atoms with E-state index in [-0.39, 0.29) is 11.6 Å². The number of hydrogen-bond donors (Lipinski definition) is 2. The second-order valence-electron chi connectivity index (χ2n) is 4.37. The van der Waals surface area contributed by atoms with Crippen LogP contribution < -0.4 is 0 Å². The molecule has 0 saturated heterocycles. The highest BCUT2D eigenvalue weighted by atomic mass is 79.9. The van der Waals surface area contributed by atoms with Crippen LogP contribution in [0.25, 0.3) is 22.4 Å². The zero-order chi connectivity index (χ0) is 13.6. The van der Waals surface area contributed by atoms with Crippen molar-refractivity contribution in [2.24, 2.45) is 0 Å². The minimum atomic E-state index is -0.329. The van der Waals surface area contributed by atoms with Crippen LogP contribution in [0.15, 0.2) is 34.8 Å². The van der Waals surface area contributed by atoms with Gasteiger partial charge in [0.05, 0.1) is 15.5 Å². The van der Waals surface area contributed by atoms with Crippen LogP contribution >= 0.6 is 15.9 Å². The Morgan fingerprint density at radius 1 is 1.26 bits per heavy atom. The van der Waals surface area contributed by atoms with Crippen molar-refractivity contribution in [1.82, 2.24) is 9.97 Å². The van der Waals surface area contributed by atoms with E-state index in [1.807, 2.05) is 13.0 Å². The van der Waals surface area contributed by atoms with Crippen molar-refractivity contribution in [1.29, 1.82) is 0 Å². The summed E-state index contributed by atoms with van der Waals surface area (Å²) in [7, 11) is 0. The molecular formula is C14H10BrFN2O. The fourth-order valence-corrected chi connectivity index (χ4v) is 2.28. The molecule has 0 fully saturated rings.